The highest BCUT2D eigenvalue weighted by molar-refractivity contribution is 5.94. The van der Waals surface area contributed by atoms with Gasteiger partial charge in [0, 0.05) is 11.1 Å². The first-order valence-electron chi connectivity index (χ1n) is 6.86. The van der Waals surface area contributed by atoms with Crippen LogP contribution in [0.5, 0.6) is 5.75 Å². The van der Waals surface area contributed by atoms with Gasteiger partial charge < -0.3 is 10.1 Å². The van der Waals surface area contributed by atoms with Crippen molar-refractivity contribution < 1.29 is 18.3 Å². The van der Waals surface area contributed by atoms with Crippen molar-refractivity contribution in [1.82, 2.24) is 5.32 Å². The van der Waals surface area contributed by atoms with Crippen molar-refractivity contribution in [2.45, 2.75) is 19.6 Å². The first kappa shape index (κ1) is 16.4. The highest BCUT2D eigenvalue weighted by Crippen LogP contribution is 2.26. The second-order valence-electron chi connectivity index (χ2n) is 4.80. The molecule has 0 fully saturated rings. The maximum Gasteiger partial charge on any atom is 0.387 e. The lowest BCUT2D eigenvalue weighted by atomic mass is 10.1. The van der Waals surface area contributed by atoms with Crippen LogP contribution in [0.2, 0.25) is 0 Å². The summed E-state index contributed by atoms with van der Waals surface area (Å²) in [7, 11) is 0. The van der Waals surface area contributed by atoms with E-state index in [1.807, 2.05) is 6.07 Å². The quantitative estimate of drug-likeness (QED) is 0.916. The molecule has 0 unspecified atom stereocenters. The Balaban J connectivity index is 2.17. The molecule has 2 aromatic rings. The number of rotatable bonds is 5. The predicted octanol–water partition coefficient (Wildman–Crippen LogP) is 3.65. The zero-order valence-electron chi connectivity index (χ0n) is 12.3. The van der Waals surface area contributed by atoms with Crippen LogP contribution < -0.4 is 10.1 Å². The minimum Gasteiger partial charge on any atom is -0.434 e. The number of ether oxygens (including phenoxy) is 1. The average Bonchev–Trinajstić information content (AvgIpc) is 2.54. The topological polar surface area (TPSA) is 62.1 Å². The molecule has 0 saturated carbocycles. The Labute approximate surface area is 132 Å². The number of alkyl halides is 2. The van der Waals surface area contributed by atoms with Crippen molar-refractivity contribution in [1.29, 1.82) is 5.26 Å². The number of hydrogen-bond donors (Lipinski definition) is 1. The lowest BCUT2D eigenvalue weighted by Gasteiger charge is -2.18. The average molecular weight is 316 g/mol. The van der Waals surface area contributed by atoms with Gasteiger partial charge in [0.1, 0.15) is 5.75 Å². The molecule has 0 aliphatic heterocycles. The van der Waals surface area contributed by atoms with Gasteiger partial charge in [-0.25, -0.2) is 0 Å². The maximum atomic E-state index is 12.4. The van der Waals surface area contributed by atoms with Crippen LogP contribution in [0.1, 0.15) is 34.5 Å². The molecule has 1 N–H and O–H groups in total. The Morgan fingerprint density at radius 1 is 1.22 bits per heavy atom. The predicted molar refractivity (Wildman–Crippen MR) is 80.1 cm³/mol. The van der Waals surface area contributed by atoms with Crippen LogP contribution in [0.15, 0.2) is 48.5 Å². The Morgan fingerprint density at radius 3 is 2.65 bits per heavy atom. The van der Waals surface area contributed by atoms with Crippen molar-refractivity contribution >= 4 is 5.91 Å². The first-order chi connectivity index (χ1) is 11.0. The maximum absolute atomic E-state index is 12.4. The summed E-state index contributed by atoms with van der Waals surface area (Å²) in [6.45, 7) is -1.27. The zero-order valence-corrected chi connectivity index (χ0v) is 12.3. The third-order valence-electron chi connectivity index (χ3n) is 3.20. The van der Waals surface area contributed by atoms with Crippen LogP contribution in [-0.4, -0.2) is 12.5 Å². The van der Waals surface area contributed by atoms with Crippen molar-refractivity contribution in [3.8, 4) is 11.8 Å². The molecule has 0 radical (unpaired) electrons. The standard InChI is InChI=1S/C17H14F2N2O2/c1-11(14-7-2-3-8-15(14)23-17(18)19)21-16(22)13-6-4-5-12(9-13)10-20/h2-9,11,17H,1H3,(H,21,22)/t11-/m1/s1. The number of hydrogen-bond acceptors (Lipinski definition) is 3. The summed E-state index contributed by atoms with van der Waals surface area (Å²) in [6.07, 6.45) is 0. The molecule has 0 spiro atoms. The normalized spacial score (nSPS) is 11.6. The highest BCUT2D eigenvalue weighted by atomic mass is 19.3. The number of nitriles is 1. The molecule has 0 heterocycles. The minimum absolute atomic E-state index is 0.0149. The smallest absolute Gasteiger partial charge is 0.387 e. The molecular formula is C17H14F2N2O2. The first-order valence-corrected chi connectivity index (χ1v) is 6.86. The SMILES string of the molecule is C[C@@H](NC(=O)c1cccc(C#N)c1)c1ccccc1OC(F)F. The molecule has 0 bridgehead atoms. The fraction of sp³-hybridized carbons (Fsp3) is 0.176. The van der Waals surface area contributed by atoms with Gasteiger partial charge in [0.15, 0.2) is 0 Å². The van der Waals surface area contributed by atoms with Crippen LogP contribution in [0.25, 0.3) is 0 Å². The number of nitrogens with one attached hydrogen (secondary N) is 1. The van der Waals surface area contributed by atoms with E-state index in [0.717, 1.165) is 0 Å². The van der Waals surface area contributed by atoms with E-state index in [9.17, 15) is 13.6 Å². The monoisotopic (exact) mass is 316 g/mol. The summed E-state index contributed by atoms with van der Waals surface area (Å²) in [6, 6.07) is 13.9. The second kappa shape index (κ2) is 7.36. The molecule has 2 rings (SSSR count). The van der Waals surface area contributed by atoms with Gasteiger partial charge in [-0.05, 0) is 31.2 Å². The highest BCUT2D eigenvalue weighted by Gasteiger charge is 2.17. The number of halogens is 2. The van der Waals surface area contributed by atoms with E-state index in [4.69, 9.17) is 5.26 Å². The molecular weight excluding hydrogens is 302 g/mol. The summed E-state index contributed by atoms with van der Waals surface area (Å²) in [5, 5.41) is 11.6. The van der Waals surface area contributed by atoms with Gasteiger partial charge in [0.05, 0.1) is 17.7 Å². The lowest BCUT2D eigenvalue weighted by molar-refractivity contribution is -0.0506. The fourth-order valence-corrected chi connectivity index (χ4v) is 2.13. The summed E-state index contributed by atoms with van der Waals surface area (Å²) in [4.78, 5) is 12.2. The van der Waals surface area contributed by atoms with Gasteiger partial charge in [-0.15, -0.1) is 0 Å². The van der Waals surface area contributed by atoms with Crippen molar-refractivity contribution in [2.75, 3.05) is 0 Å². The van der Waals surface area contributed by atoms with Gasteiger partial charge in [0.25, 0.3) is 5.91 Å². The van der Waals surface area contributed by atoms with E-state index < -0.39 is 18.6 Å². The van der Waals surface area contributed by atoms with E-state index in [-0.39, 0.29) is 5.75 Å². The van der Waals surface area contributed by atoms with E-state index in [1.165, 1.54) is 12.1 Å². The second-order valence-corrected chi connectivity index (χ2v) is 4.80. The summed E-state index contributed by atoms with van der Waals surface area (Å²) in [5.74, 6) is -0.387. The summed E-state index contributed by atoms with van der Waals surface area (Å²) < 4.78 is 29.3. The summed E-state index contributed by atoms with van der Waals surface area (Å²) in [5.41, 5.74) is 1.13. The molecule has 2 aromatic carbocycles. The molecule has 1 amide bonds. The molecule has 0 aliphatic rings. The number of nitrogens with zero attached hydrogens (tertiary/aromatic N) is 1. The van der Waals surface area contributed by atoms with Crippen LogP contribution >= 0.6 is 0 Å². The molecule has 0 aromatic heterocycles. The number of carbonyl (C=O) groups is 1. The van der Waals surface area contributed by atoms with E-state index in [1.54, 1.807) is 43.3 Å². The third kappa shape index (κ3) is 4.27. The largest absolute Gasteiger partial charge is 0.434 e. The van der Waals surface area contributed by atoms with Gasteiger partial charge in [-0.2, -0.15) is 14.0 Å². The third-order valence-corrected chi connectivity index (χ3v) is 3.20. The molecule has 23 heavy (non-hydrogen) atoms. The Hall–Kier alpha value is -2.94. The van der Waals surface area contributed by atoms with E-state index in [0.29, 0.717) is 16.7 Å². The number of benzene rings is 2. The molecule has 6 heteroatoms. The van der Waals surface area contributed by atoms with Crippen molar-refractivity contribution in [3.05, 3.63) is 65.2 Å². The Morgan fingerprint density at radius 2 is 1.96 bits per heavy atom. The number of amides is 1. The molecule has 118 valence electrons. The van der Waals surface area contributed by atoms with Crippen LogP contribution in [0.4, 0.5) is 8.78 Å². The zero-order chi connectivity index (χ0) is 16.8. The molecule has 1 atom stereocenters. The van der Waals surface area contributed by atoms with Crippen LogP contribution in [0.3, 0.4) is 0 Å². The lowest BCUT2D eigenvalue weighted by Crippen LogP contribution is -2.27. The van der Waals surface area contributed by atoms with Gasteiger partial charge in [0.2, 0.25) is 0 Å². The van der Waals surface area contributed by atoms with E-state index >= 15 is 0 Å². The van der Waals surface area contributed by atoms with E-state index in [2.05, 4.69) is 10.1 Å². The molecule has 0 aliphatic carbocycles. The number of carbonyl (C=O) groups excluding carboxylic acids is 1. The van der Waals surface area contributed by atoms with Crippen molar-refractivity contribution in [2.24, 2.45) is 0 Å². The minimum atomic E-state index is -2.94. The van der Waals surface area contributed by atoms with Crippen LogP contribution in [-0.2, 0) is 0 Å². The number of para-hydroxylation sites is 1. The Kier molecular flexibility index (Phi) is 5.26. The van der Waals surface area contributed by atoms with Crippen molar-refractivity contribution in [3.63, 3.8) is 0 Å². The van der Waals surface area contributed by atoms with Gasteiger partial charge in [-0.3, -0.25) is 4.79 Å². The van der Waals surface area contributed by atoms with Gasteiger partial charge >= 0.3 is 6.61 Å². The Bertz CT molecular complexity index is 741. The van der Waals surface area contributed by atoms with Crippen LogP contribution in [0, 0.1) is 11.3 Å². The molecule has 4 nitrogen and oxygen atoms in total. The summed E-state index contributed by atoms with van der Waals surface area (Å²) >= 11 is 0. The molecule has 0 saturated heterocycles. The van der Waals surface area contributed by atoms with Gasteiger partial charge in [-0.1, -0.05) is 24.3 Å². The fourth-order valence-electron chi connectivity index (χ4n) is 2.13.